The summed E-state index contributed by atoms with van der Waals surface area (Å²) < 4.78 is 0. The van der Waals surface area contributed by atoms with E-state index >= 15 is 0 Å². The number of nitro groups is 1. The van der Waals surface area contributed by atoms with Gasteiger partial charge < -0.3 is 10.2 Å². The molecule has 4 rings (SSSR count). The lowest BCUT2D eigenvalue weighted by Crippen LogP contribution is -2.21. The summed E-state index contributed by atoms with van der Waals surface area (Å²) in [6.45, 7) is 1.55. The first-order valence-corrected chi connectivity index (χ1v) is 8.09. The predicted molar refractivity (Wildman–Crippen MR) is 95.2 cm³/mol. The number of pyridine rings is 1. The molecule has 0 bridgehead atoms. The number of aromatic nitrogens is 3. The molecule has 1 aliphatic heterocycles. The van der Waals surface area contributed by atoms with Gasteiger partial charge in [-0.3, -0.25) is 15.1 Å². The highest BCUT2D eigenvalue weighted by Crippen LogP contribution is 2.36. The third-order valence-corrected chi connectivity index (χ3v) is 4.29. The van der Waals surface area contributed by atoms with E-state index < -0.39 is 4.92 Å². The molecule has 3 heterocycles. The van der Waals surface area contributed by atoms with Crippen LogP contribution in [-0.4, -0.2) is 33.0 Å². The Morgan fingerprint density at radius 3 is 2.72 bits per heavy atom. The number of fused-ring (bicyclic) bond motifs is 1. The average Bonchev–Trinajstić information content (AvgIpc) is 3.16. The average molecular weight is 336 g/mol. The Morgan fingerprint density at radius 1 is 1.08 bits per heavy atom. The number of nitrogens with one attached hydrogen (secondary N) is 1. The Bertz CT molecular complexity index is 934. The molecule has 1 saturated heterocycles. The molecule has 25 heavy (non-hydrogen) atoms. The maximum absolute atomic E-state index is 11.7. The molecule has 0 aliphatic carbocycles. The van der Waals surface area contributed by atoms with Gasteiger partial charge in [-0.1, -0.05) is 6.07 Å². The van der Waals surface area contributed by atoms with Crippen LogP contribution < -0.4 is 10.2 Å². The van der Waals surface area contributed by atoms with Crippen molar-refractivity contribution >= 4 is 33.9 Å². The summed E-state index contributed by atoms with van der Waals surface area (Å²) in [5, 5.41) is 15.7. The molecule has 8 heteroatoms. The number of nitrogens with zero attached hydrogens (tertiary/aromatic N) is 5. The summed E-state index contributed by atoms with van der Waals surface area (Å²) in [6.07, 6.45) is 5.11. The van der Waals surface area contributed by atoms with Crippen LogP contribution in [0.3, 0.4) is 0 Å². The van der Waals surface area contributed by atoms with Gasteiger partial charge in [0.25, 0.3) is 0 Å². The van der Waals surface area contributed by atoms with Crippen molar-refractivity contribution in [3.63, 3.8) is 0 Å². The highest BCUT2D eigenvalue weighted by atomic mass is 16.6. The Labute approximate surface area is 143 Å². The molecular weight excluding hydrogens is 320 g/mol. The first kappa shape index (κ1) is 15.3. The zero-order chi connectivity index (χ0) is 17.2. The number of hydrogen-bond acceptors (Lipinski definition) is 7. The third kappa shape index (κ3) is 2.82. The van der Waals surface area contributed by atoms with Crippen LogP contribution in [0.1, 0.15) is 12.8 Å². The summed E-state index contributed by atoms with van der Waals surface area (Å²) in [5.74, 6) is 0.566. The zero-order valence-electron chi connectivity index (χ0n) is 13.4. The molecule has 1 fully saturated rings. The largest absolute Gasteiger partial charge is 0.353 e. The van der Waals surface area contributed by atoms with Gasteiger partial charge >= 0.3 is 5.69 Å². The van der Waals surface area contributed by atoms with Gasteiger partial charge in [0.15, 0.2) is 0 Å². The van der Waals surface area contributed by atoms with Crippen molar-refractivity contribution in [3.8, 4) is 0 Å². The number of hydrogen-bond donors (Lipinski definition) is 1. The monoisotopic (exact) mass is 336 g/mol. The maximum Gasteiger partial charge on any atom is 0.353 e. The van der Waals surface area contributed by atoms with Gasteiger partial charge in [0.05, 0.1) is 10.4 Å². The normalized spacial score (nSPS) is 14.0. The molecule has 3 aromatic rings. The molecule has 0 atom stereocenters. The van der Waals surface area contributed by atoms with Crippen LogP contribution in [0.15, 0.2) is 42.9 Å². The van der Waals surface area contributed by atoms with E-state index in [9.17, 15) is 10.1 Å². The summed E-state index contributed by atoms with van der Waals surface area (Å²) >= 11 is 0. The third-order valence-electron chi connectivity index (χ3n) is 4.29. The molecular formula is C17H16N6O2. The van der Waals surface area contributed by atoms with Gasteiger partial charge in [-0.15, -0.1) is 0 Å². The molecule has 0 spiro atoms. The minimum Gasteiger partial charge on any atom is -0.351 e. The molecule has 2 aromatic heterocycles. The van der Waals surface area contributed by atoms with Gasteiger partial charge in [-0.2, -0.15) is 0 Å². The first-order chi connectivity index (χ1) is 12.2. The summed E-state index contributed by atoms with van der Waals surface area (Å²) in [6, 6.07) is 9.35. The van der Waals surface area contributed by atoms with E-state index in [1.807, 2.05) is 35.2 Å². The predicted octanol–water partition coefficient (Wildman–Crippen LogP) is 3.28. The van der Waals surface area contributed by atoms with Crippen molar-refractivity contribution in [1.82, 2.24) is 15.0 Å². The van der Waals surface area contributed by atoms with Crippen LogP contribution in [0, 0.1) is 10.1 Å². The van der Waals surface area contributed by atoms with Crippen molar-refractivity contribution in [1.29, 1.82) is 0 Å². The lowest BCUT2D eigenvalue weighted by molar-refractivity contribution is -0.383. The standard InChI is InChI=1S/C17H16N6O2/c24-23(25)15-16(19-11-20-17(15)22-9-1-2-10-22)21-14-7-3-6-13-12(14)5-4-8-18-13/h3-8,11H,1-2,9-10H2,(H,19,20,21). The second-order valence-electron chi connectivity index (χ2n) is 5.85. The molecule has 1 aliphatic rings. The van der Waals surface area contributed by atoms with Crippen molar-refractivity contribution in [2.75, 3.05) is 23.3 Å². The number of anilines is 3. The summed E-state index contributed by atoms with van der Waals surface area (Å²) in [5.41, 5.74) is 1.44. The summed E-state index contributed by atoms with van der Waals surface area (Å²) in [4.78, 5) is 25.8. The molecule has 0 saturated carbocycles. The molecule has 0 amide bonds. The highest BCUT2D eigenvalue weighted by molar-refractivity contribution is 5.93. The van der Waals surface area contributed by atoms with Crippen molar-refractivity contribution in [2.45, 2.75) is 12.8 Å². The van der Waals surface area contributed by atoms with E-state index in [1.165, 1.54) is 6.33 Å². The van der Waals surface area contributed by atoms with Gasteiger partial charge in [-0.05, 0) is 37.1 Å². The van der Waals surface area contributed by atoms with E-state index in [4.69, 9.17) is 0 Å². The second kappa shape index (κ2) is 6.31. The second-order valence-corrected chi connectivity index (χ2v) is 5.85. The van der Waals surface area contributed by atoms with Gasteiger partial charge in [0.1, 0.15) is 6.33 Å². The Balaban J connectivity index is 1.79. The lowest BCUT2D eigenvalue weighted by atomic mass is 10.2. The van der Waals surface area contributed by atoms with E-state index in [0.29, 0.717) is 5.82 Å². The Morgan fingerprint density at radius 2 is 1.92 bits per heavy atom. The van der Waals surface area contributed by atoms with E-state index in [1.54, 1.807) is 6.20 Å². The minimum atomic E-state index is -0.417. The molecule has 8 nitrogen and oxygen atoms in total. The van der Waals surface area contributed by atoms with Crippen LogP contribution >= 0.6 is 0 Å². The fourth-order valence-electron chi connectivity index (χ4n) is 3.13. The maximum atomic E-state index is 11.7. The smallest absolute Gasteiger partial charge is 0.351 e. The van der Waals surface area contributed by atoms with Crippen LogP contribution in [0.25, 0.3) is 10.9 Å². The van der Waals surface area contributed by atoms with Crippen LogP contribution in [-0.2, 0) is 0 Å². The van der Waals surface area contributed by atoms with Crippen molar-refractivity contribution in [3.05, 3.63) is 53.0 Å². The number of rotatable bonds is 4. The van der Waals surface area contributed by atoms with Gasteiger partial charge in [0, 0.05) is 30.4 Å². The van der Waals surface area contributed by atoms with Gasteiger partial charge in [0.2, 0.25) is 11.6 Å². The Kier molecular flexibility index (Phi) is 3.85. The SMILES string of the molecule is O=[N+]([O-])c1c(Nc2cccc3ncccc23)ncnc1N1CCCC1. The van der Waals surface area contributed by atoms with Crippen molar-refractivity contribution in [2.24, 2.45) is 0 Å². The molecule has 0 radical (unpaired) electrons. The van der Waals surface area contributed by atoms with Crippen LogP contribution in [0.5, 0.6) is 0 Å². The van der Waals surface area contributed by atoms with E-state index in [-0.39, 0.29) is 11.5 Å². The topological polar surface area (TPSA) is 97.1 Å². The van der Waals surface area contributed by atoms with Crippen molar-refractivity contribution < 1.29 is 4.92 Å². The van der Waals surface area contributed by atoms with E-state index in [0.717, 1.165) is 42.5 Å². The van der Waals surface area contributed by atoms with Crippen LogP contribution in [0.2, 0.25) is 0 Å². The van der Waals surface area contributed by atoms with Gasteiger partial charge in [-0.25, -0.2) is 9.97 Å². The summed E-state index contributed by atoms with van der Waals surface area (Å²) in [7, 11) is 0. The number of benzene rings is 1. The lowest BCUT2D eigenvalue weighted by Gasteiger charge is -2.17. The zero-order valence-corrected chi connectivity index (χ0v) is 13.4. The quantitative estimate of drug-likeness (QED) is 0.577. The Hall–Kier alpha value is -3.29. The highest BCUT2D eigenvalue weighted by Gasteiger charge is 2.28. The fourth-order valence-corrected chi connectivity index (χ4v) is 3.13. The molecule has 1 N–H and O–H groups in total. The fraction of sp³-hybridized carbons (Fsp3) is 0.235. The van der Waals surface area contributed by atoms with E-state index in [2.05, 4.69) is 20.3 Å². The molecule has 126 valence electrons. The molecule has 1 aromatic carbocycles. The minimum absolute atomic E-state index is 0.0923. The molecule has 0 unspecified atom stereocenters. The van der Waals surface area contributed by atoms with Crippen LogP contribution in [0.4, 0.5) is 23.0 Å². The first-order valence-electron chi connectivity index (χ1n) is 8.09.